The zero-order valence-corrected chi connectivity index (χ0v) is 11.3. The molecule has 0 N–H and O–H groups in total. The highest BCUT2D eigenvalue weighted by Crippen LogP contribution is 2.17. The van der Waals surface area contributed by atoms with Gasteiger partial charge in [0.25, 0.3) is 0 Å². The van der Waals surface area contributed by atoms with Gasteiger partial charge in [-0.25, -0.2) is 0 Å². The molecule has 0 fully saturated rings. The van der Waals surface area contributed by atoms with Gasteiger partial charge in [-0.3, -0.25) is 9.78 Å². The smallest absolute Gasteiger partial charge is 0.163 e. The minimum atomic E-state index is 0.129. The molecule has 0 atom stereocenters. The number of aromatic nitrogens is 1. The van der Waals surface area contributed by atoms with Crippen molar-refractivity contribution in [2.24, 2.45) is 0 Å². The van der Waals surface area contributed by atoms with E-state index in [0.717, 1.165) is 27.9 Å². The molecule has 0 saturated carbocycles. The third-order valence-electron chi connectivity index (χ3n) is 3.33. The number of hydrogen-bond acceptors (Lipinski definition) is 3. The maximum absolute atomic E-state index is 12.2. The summed E-state index contributed by atoms with van der Waals surface area (Å²) < 4.78 is 5.24. The Morgan fingerprint density at radius 2 is 2.10 bits per heavy atom. The molecule has 2 aromatic heterocycles. The Morgan fingerprint density at radius 1 is 1.20 bits per heavy atom. The van der Waals surface area contributed by atoms with E-state index in [2.05, 4.69) is 4.98 Å². The van der Waals surface area contributed by atoms with Crippen molar-refractivity contribution in [3.8, 4) is 0 Å². The fourth-order valence-corrected chi connectivity index (χ4v) is 2.24. The van der Waals surface area contributed by atoms with Crippen LogP contribution in [-0.4, -0.2) is 10.8 Å². The molecule has 2 heterocycles. The lowest BCUT2D eigenvalue weighted by Crippen LogP contribution is -2.01. The molecule has 0 saturated heterocycles. The Labute approximate surface area is 117 Å². The van der Waals surface area contributed by atoms with Gasteiger partial charge in [-0.2, -0.15) is 0 Å². The van der Waals surface area contributed by atoms with Crippen molar-refractivity contribution in [3.63, 3.8) is 0 Å². The van der Waals surface area contributed by atoms with Crippen LogP contribution >= 0.6 is 0 Å². The van der Waals surface area contributed by atoms with Crippen molar-refractivity contribution < 1.29 is 9.21 Å². The van der Waals surface area contributed by atoms with Gasteiger partial charge >= 0.3 is 0 Å². The Hall–Kier alpha value is -2.42. The van der Waals surface area contributed by atoms with Crippen molar-refractivity contribution in [1.82, 2.24) is 4.98 Å². The van der Waals surface area contributed by atoms with Gasteiger partial charge < -0.3 is 4.42 Å². The zero-order valence-electron chi connectivity index (χ0n) is 11.3. The maximum atomic E-state index is 12.2. The molecule has 0 bridgehead atoms. The number of ketones is 1. The Bertz CT molecular complexity index is 745. The van der Waals surface area contributed by atoms with Crippen LogP contribution in [0.25, 0.3) is 10.9 Å². The maximum Gasteiger partial charge on any atom is 0.163 e. The number of pyridine rings is 1. The van der Waals surface area contributed by atoms with Crippen LogP contribution < -0.4 is 0 Å². The summed E-state index contributed by atoms with van der Waals surface area (Å²) in [4.78, 5) is 16.6. The summed E-state index contributed by atoms with van der Waals surface area (Å²) in [7, 11) is 0. The van der Waals surface area contributed by atoms with Gasteiger partial charge in [-0.05, 0) is 43.3 Å². The number of rotatable bonds is 4. The number of carbonyl (C=O) groups excluding carboxylic acids is 1. The molecule has 100 valence electrons. The second-order valence-corrected chi connectivity index (χ2v) is 4.86. The molecule has 1 aromatic carbocycles. The van der Waals surface area contributed by atoms with E-state index < -0.39 is 0 Å². The lowest BCUT2D eigenvalue weighted by molar-refractivity contribution is 0.0981. The van der Waals surface area contributed by atoms with E-state index in [4.69, 9.17) is 4.42 Å². The van der Waals surface area contributed by atoms with Gasteiger partial charge in [-0.1, -0.05) is 6.07 Å². The van der Waals surface area contributed by atoms with E-state index in [1.807, 2.05) is 49.4 Å². The van der Waals surface area contributed by atoms with Gasteiger partial charge in [0.1, 0.15) is 5.76 Å². The third kappa shape index (κ3) is 2.62. The third-order valence-corrected chi connectivity index (χ3v) is 3.33. The van der Waals surface area contributed by atoms with Crippen LogP contribution in [0.5, 0.6) is 0 Å². The standard InChI is InChI=1S/C17H15NO2/c1-12-4-5-13-11-14(6-8-16(13)18-12)17(19)9-7-15-3-2-10-20-15/h2-6,8,10-11H,7,9H2,1H3. The fraction of sp³-hybridized carbons (Fsp3) is 0.176. The van der Waals surface area contributed by atoms with E-state index in [0.29, 0.717) is 12.8 Å². The number of fused-ring (bicyclic) bond motifs is 1. The van der Waals surface area contributed by atoms with Crippen molar-refractivity contribution in [1.29, 1.82) is 0 Å². The van der Waals surface area contributed by atoms with Crippen molar-refractivity contribution in [3.05, 3.63) is 65.7 Å². The summed E-state index contributed by atoms with van der Waals surface area (Å²) in [6.45, 7) is 1.96. The van der Waals surface area contributed by atoms with Crippen molar-refractivity contribution in [2.75, 3.05) is 0 Å². The average Bonchev–Trinajstić information content (AvgIpc) is 2.97. The first-order valence-electron chi connectivity index (χ1n) is 6.65. The minimum Gasteiger partial charge on any atom is -0.469 e. The van der Waals surface area contributed by atoms with Crippen molar-refractivity contribution >= 4 is 16.7 Å². The van der Waals surface area contributed by atoms with Gasteiger partial charge in [0.05, 0.1) is 11.8 Å². The molecule has 3 heteroatoms. The zero-order chi connectivity index (χ0) is 13.9. The van der Waals surface area contributed by atoms with Crippen LogP contribution in [0.15, 0.2) is 53.1 Å². The predicted molar refractivity (Wildman–Crippen MR) is 77.8 cm³/mol. The summed E-state index contributed by atoms with van der Waals surface area (Å²) in [6.07, 6.45) is 2.72. The Balaban J connectivity index is 1.79. The molecular formula is C17H15NO2. The first-order valence-corrected chi connectivity index (χ1v) is 6.65. The second kappa shape index (κ2) is 5.29. The summed E-state index contributed by atoms with van der Waals surface area (Å²) >= 11 is 0. The lowest BCUT2D eigenvalue weighted by Gasteiger charge is -2.03. The average molecular weight is 265 g/mol. The van der Waals surface area contributed by atoms with Crippen molar-refractivity contribution in [2.45, 2.75) is 19.8 Å². The van der Waals surface area contributed by atoms with Gasteiger partial charge in [-0.15, -0.1) is 0 Å². The predicted octanol–water partition coefficient (Wildman–Crippen LogP) is 3.95. The van der Waals surface area contributed by atoms with Crippen LogP contribution in [0.2, 0.25) is 0 Å². The molecule has 3 aromatic rings. The summed E-state index contributed by atoms with van der Waals surface area (Å²) in [5.41, 5.74) is 2.64. The number of hydrogen-bond donors (Lipinski definition) is 0. The summed E-state index contributed by atoms with van der Waals surface area (Å²) in [5.74, 6) is 0.973. The SMILES string of the molecule is Cc1ccc2cc(C(=O)CCc3ccco3)ccc2n1. The van der Waals surface area contributed by atoms with Crippen LogP contribution in [0.1, 0.15) is 28.2 Å². The molecule has 20 heavy (non-hydrogen) atoms. The fourth-order valence-electron chi connectivity index (χ4n) is 2.24. The monoisotopic (exact) mass is 265 g/mol. The lowest BCUT2D eigenvalue weighted by atomic mass is 10.0. The van der Waals surface area contributed by atoms with Gasteiger partial charge in [0, 0.05) is 29.5 Å². The van der Waals surface area contributed by atoms with Gasteiger partial charge in [0.2, 0.25) is 0 Å². The normalized spacial score (nSPS) is 10.8. The van der Waals surface area contributed by atoms with E-state index in [-0.39, 0.29) is 5.78 Å². The van der Waals surface area contributed by atoms with E-state index in [1.165, 1.54) is 0 Å². The minimum absolute atomic E-state index is 0.129. The first kappa shape index (κ1) is 12.6. The largest absolute Gasteiger partial charge is 0.469 e. The molecule has 3 rings (SSSR count). The van der Waals surface area contributed by atoms with Crippen LogP contribution in [-0.2, 0) is 6.42 Å². The molecule has 0 aliphatic rings. The molecule has 0 aliphatic heterocycles. The van der Waals surface area contributed by atoms with E-state index >= 15 is 0 Å². The summed E-state index contributed by atoms with van der Waals surface area (Å²) in [6, 6.07) is 13.3. The van der Waals surface area contributed by atoms with Crippen LogP contribution in [0.3, 0.4) is 0 Å². The topological polar surface area (TPSA) is 43.1 Å². The van der Waals surface area contributed by atoms with Gasteiger partial charge in [0.15, 0.2) is 5.78 Å². The number of furan rings is 1. The molecule has 0 radical (unpaired) electrons. The molecule has 0 aliphatic carbocycles. The quantitative estimate of drug-likeness (QED) is 0.671. The highest BCUT2D eigenvalue weighted by molar-refractivity contribution is 5.99. The highest BCUT2D eigenvalue weighted by Gasteiger charge is 2.08. The Kier molecular flexibility index (Phi) is 3.33. The summed E-state index contributed by atoms with van der Waals surface area (Å²) in [5, 5.41) is 0.999. The number of benzene rings is 1. The molecular weight excluding hydrogens is 250 g/mol. The molecule has 0 amide bonds. The molecule has 3 nitrogen and oxygen atoms in total. The molecule has 0 unspecified atom stereocenters. The highest BCUT2D eigenvalue weighted by atomic mass is 16.3. The number of aryl methyl sites for hydroxylation is 2. The number of carbonyl (C=O) groups is 1. The molecule has 0 spiro atoms. The van der Waals surface area contributed by atoms with Crippen LogP contribution in [0.4, 0.5) is 0 Å². The number of Topliss-reactive ketones (excluding diaryl/α,β-unsaturated/α-hetero) is 1. The Morgan fingerprint density at radius 3 is 2.90 bits per heavy atom. The van der Waals surface area contributed by atoms with E-state index in [9.17, 15) is 4.79 Å². The number of nitrogens with zero attached hydrogens (tertiary/aromatic N) is 1. The second-order valence-electron chi connectivity index (χ2n) is 4.86. The first-order chi connectivity index (χ1) is 9.72. The van der Waals surface area contributed by atoms with Crippen LogP contribution in [0, 0.1) is 6.92 Å². The van der Waals surface area contributed by atoms with E-state index in [1.54, 1.807) is 6.26 Å².